The summed E-state index contributed by atoms with van der Waals surface area (Å²) in [6, 6.07) is 10.4. The van der Waals surface area contributed by atoms with E-state index >= 15 is 8.78 Å². The second-order valence-electron chi connectivity index (χ2n) is 16.0. The molecule has 0 saturated carbocycles. The molecule has 6 aromatic rings. The van der Waals surface area contributed by atoms with Crippen LogP contribution in [-0.4, -0.2) is 127 Å². The minimum atomic E-state index is -0.825. The van der Waals surface area contributed by atoms with Crippen molar-refractivity contribution in [1.82, 2.24) is 44.1 Å². The Labute approximate surface area is 336 Å². The van der Waals surface area contributed by atoms with Crippen molar-refractivity contribution < 1.29 is 27.5 Å². The predicted octanol–water partition coefficient (Wildman–Crippen LogP) is 4.31. The molecule has 4 aliphatic heterocycles. The average molecular weight is 807 g/mol. The minimum Gasteiger partial charge on any atom is -0.378 e. The van der Waals surface area contributed by atoms with Crippen LogP contribution < -0.4 is 15.1 Å². The Bertz CT molecular complexity index is 2690. The molecule has 6 bridgehead atoms. The van der Waals surface area contributed by atoms with Gasteiger partial charge in [0.1, 0.15) is 40.8 Å². The lowest BCUT2D eigenvalue weighted by molar-refractivity contribution is -0.133. The molecule has 2 aromatic carbocycles. The van der Waals surface area contributed by atoms with Crippen LogP contribution in [0.1, 0.15) is 25.1 Å². The standard InChI is InChI=1S/C41H41F3N12O3/c1-21-46-32-12-23(43)10-28-31-6-5-7-35(48-31)47-24-13-34(40(58)51(2)19-27(59-4)20-53(21)37(28)32)55(17-24)38-29-16-45-56(33-9-8-22(42)11-30(33)44)39(29)50-41(49-38)54-18-26-14-25(54)15-36(57)52(26)3/h5-12,16,24-27,34H,13-15,17-20H2,1-4H3,(H,47,48)/t24-,25+,26+,27-,34-/m0/s1. The fourth-order valence-electron chi connectivity index (χ4n) is 9.33. The monoisotopic (exact) mass is 806 g/mol. The lowest BCUT2D eigenvalue weighted by atomic mass is 10.0. The maximum atomic E-state index is 15.4. The number of nitrogens with one attached hydrogen (secondary N) is 1. The molecule has 10 rings (SSSR count). The Kier molecular flexibility index (Phi) is 8.73. The first-order valence-corrected chi connectivity index (χ1v) is 19.6. The molecule has 5 atom stereocenters. The zero-order chi connectivity index (χ0) is 40.9. The van der Waals surface area contributed by atoms with E-state index in [0.29, 0.717) is 71.6 Å². The van der Waals surface area contributed by atoms with Crippen molar-refractivity contribution >= 4 is 51.5 Å². The molecule has 0 spiro atoms. The van der Waals surface area contributed by atoms with E-state index in [1.54, 1.807) is 31.0 Å². The van der Waals surface area contributed by atoms with Gasteiger partial charge in [0.25, 0.3) is 0 Å². The van der Waals surface area contributed by atoms with Gasteiger partial charge in [0.15, 0.2) is 11.5 Å². The number of amides is 2. The van der Waals surface area contributed by atoms with Gasteiger partial charge in [-0.15, -0.1) is 0 Å². The molecule has 4 aliphatic rings. The number of methoxy groups -OCH3 is 1. The number of fused-ring (bicyclic) bond motifs is 8. The summed E-state index contributed by atoms with van der Waals surface area (Å²) in [6.07, 6.45) is 2.44. The number of rotatable bonds is 4. The Morgan fingerprint density at radius 3 is 2.53 bits per heavy atom. The highest BCUT2D eigenvalue weighted by Gasteiger charge is 2.45. The Hall–Kier alpha value is -6.30. The number of aromatic nitrogens is 7. The molecule has 3 saturated heterocycles. The van der Waals surface area contributed by atoms with Crippen LogP contribution in [0.25, 0.3) is 39.0 Å². The first-order chi connectivity index (χ1) is 28.4. The lowest BCUT2D eigenvalue weighted by Gasteiger charge is -2.31. The third-order valence-electron chi connectivity index (χ3n) is 12.3. The second kappa shape index (κ2) is 13.9. The van der Waals surface area contributed by atoms with Crippen LogP contribution in [0.2, 0.25) is 0 Å². The van der Waals surface area contributed by atoms with E-state index in [4.69, 9.17) is 19.7 Å². The van der Waals surface area contributed by atoms with E-state index in [9.17, 15) is 14.0 Å². The second-order valence-corrected chi connectivity index (χ2v) is 16.0. The summed E-state index contributed by atoms with van der Waals surface area (Å²) in [6.45, 7) is 3.20. The number of aryl methyl sites for hydroxylation is 1. The summed E-state index contributed by atoms with van der Waals surface area (Å²) >= 11 is 0. The van der Waals surface area contributed by atoms with E-state index in [1.807, 2.05) is 39.5 Å². The maximum absolute atomic E-state index is 15.4. The van der Waals surface area contributed by atoms with Crippen molar-refractivity contribution in [2.24, 2.45) is 0 Å². The van der Waals surface area contributed by atoms with E-state index in [1.165, 1.54) is 29.1 Å². The summed E-state index contributed by atoms with van der Waals surface area (Å²) in [7, 11) is 5.14. The normalized spacial score (nSPS) is 23.3. The van der Waals surface area contributed by atoms with Crippen LogP contribution in [0.4, 0.5) is 30.8 Å². The molecular formula is C41H41F3N12O3. The Morgan fingerprint density at radius 2 is 1.71 bits per heavy atom. The summed E-state index contributed by atoms with van der Waals surface area (Å²) in [5.74, 6) is -0.233. The number of hydrogen-bond acceptors (Lipinski definition) is 11. The number of anilines is 3. The molecule has 2 amide bonds. The topological polar surface area (TPSA) is 143 Å². The number of carbonyl (C=O) groups excluding carboxylic acids is 2. The summed E-state index contributed by atoms with van der Waals surface area (Å²) < 4.78 is 53.9. The lowest BCUT2D eigenvalue weighted by Crippen LogP contribution is -2.47. The maximum Gasteiger partial charge on any atom is 0.245 e. The number of piperidine rings is 1. The molecular weight excluding hydrogens is 766 g/mol. The van der Waals surface area contributed by atoms with Gasteiger partial charge >= 0.3 is 0 Å². The van der Waals surface area contributed by atoms with Gasteiger partial charge in [-0.2, -0.15) is 15.1 Å². The van der Waals surface area contributed by atoms with Crippen LogP contribution >= 0.6 is 0 Å². The molecule has 4 aromatic heterocycles. The highest BCUT2D eigenvalue weighted by molar-refractivity contribution is 5.94. The van der Waals surface area contributed by atoms with Gasteiger partial charge in [0.2, 0.25) is 17.8 Å². The van der Waals surface area contributed by atoms with Crippen molar-refractivity contribution in [3.8, 4) is 16.9 Å². The largest absolute Gasteiger partial charge is 0.378 e. The van der Waals surface area contributed by atoms with Crippen molar-refractivity contribution in [1.29, 1.82) is 0 Å². The number of pyridine rings is 1. The van der Waals surface area contributed by atoms with Crippen LogP contribution in [-0.2, 0) is 20.9 Å². The van der Waals surface area contributed by atoms with Crippen molar-refractivity contribution in [2.75, 3.05) is 56.0 Å². The fourth-order valence-corrected chi connectivity index (χ4v) is 9.33. The average Bonchev–Trinajstić information content (AvgIpc) is 3.99. The van der Waals surface area contributed by atoms with Crippen LogP contribution in [0.5, 0.6) is 0 Å². The highest BCUT2D eigenvalue weighted by Crippen LogP contribution is 2.39. The molecule has 18 heteroatoms. The fraction of sp³-hybridized carbons (Fsp3) is 0.390. The molecule has 0 aliphatic carbocycles. The Morgan fingerprint density at radius 1 is 0.864 bits per heavy atom. The number of ether oxygens (including phenoxy) is 1. The summed E-state index contributed by atoms with van der Waals surface area (Å²) in [5.41, 5.74) is 2.59. The van der Waals surface area contributed by atoms with Gasteiger partial charge in [-0.3, -0.25) is 9.59 Å². The van der Waals surface area contributed by atoms with Gasteiger partial charge in [0, 0.05) is 77.0 Å². The number of carbonyl (C=O) groups is 2. The van der Waals surface area contributed by atoms with Gasteiger partial charge in [-0.05, 0) is 50.1 Å². The quantitative estimate of drug-likeness (QED) is 0.273. The first kappa shape index (κ1) is 37.0. The molecule has 1 N–H and O–H groups in total. The van der Waals surface area contributed by atoms with Gasteiger partial charge in [-0.1, -0.05) is 6.07 Å². The van der Waals surface area contributed by atoms with E-state index in [2.05, 4.69) is 15.4 Å². The van der Waals surface area contributed by atoms with Gasteiger partial charge in [-0.25, -0.2) is 27.8 Å². The smallest absolute Gasteiger partial charge is 0.245 e. The summed E-state index contributed by atoms with van der Waals surface area (Å²) in [5, 5.41) is 8.54. The predicted molar refractivity (Wildman–Crippen MR) is 213 cm³/mol. The van der Waals surface area contributed by atoms with Gasteiger partial charge < -0.3 is 34.2 Å². The number of likely N-dealkylation sites (tertiary alicyclic amines) is 1. The molecule has 59 heavy (non-hydrogen) atoms. The molecule has 3 fully saturated rings. The SMILES string of the molecule is CO[C@H]1CN(C)C(=O)[C@@H]2C[C@@H](CN2c2nc(N3C[C@H]4C[C@@H]3CC(=O)N4C)nc3c2cnn3-c2ccc(F)cc2F)Nc2cccc(n2)-c2cc(F)cc3nc(C)n(c23)C1. The van der Waals surface area contributed by atoms with Crippen LogP contribution in [0.3, 0.4) is 0 Å². The van der Waals surface area contributed by atoms with Crippen molar-refractivity contribution in [3.63, 3.8) is 0 Å². The van der Waals surface area contributed by atoms with Crippen LogP contribution in [0.15, 0.2) is 54.7 Å². The number of halogens is 3. The molecule has 0 unspecified atom stereocenters. The van der Waals surface area contributed by atoms with Crippen molar-refractivity contribution in [3.05, 3.63) is 78.0 Å². The minimum absolute atomic E-state index is 0.00901. The highest BCUT2D eigenvalue weighted by atomic mass is 19.1. The zero-order valence-electron chi connectivity index (χ0n) is 32.8. The third-order valence-corrected chi connectivity index (χ3v) is 12.3. The number of nitrogens with zero attached hydrogens (tertiary/aromatic N) is 11. The Balaban J connectivity index is 1.11. The first-order valence-electron chi connectivity index (χ1n) is 19.6. The molecule has 15 nitrogen and oxygen atoms in total. The van der Waals surface area contributed by atoms with E-state index in [-0.39, 0.29) is 54.2 Å². The van der Waals surface area contributed by atoms with Crippen molar-refractivity contribution in [2.45, 2.75) is 63.0 Å². The number of likely N-dealkylation sites (N-methyl/N-ethyl adjacent to an activating group) is 2. The number of hydrogen-bond donors (Lipinski definition) is 1. The van der Waals surface area contributed by atoms with E-state index in [0.717, 1.165) is 24.1 Å². The molecule has 304 valence electrons. The molecule has 0 radical (unpaired) electrons. The molecule has 8 heterocycles. The summed E-state index contributed by atoms with van der Waals surface area (Å²) in [4.78, 5) is 54.9. The van der Waals surface area contributed by atoms with Crippen LogP contribution in [0, 0.1) is 24.4 Å². The zero-order valence-corrected chi connectivity index (χ0v) is 32.8. The van der Waals surface area contributed by atoms with E-state index < -0.39 is 29.6 Å². The van der Waals surface area contributed by atoms with Gasteiger partial charge in [0.05, 0.1) is 47.0 Å². The number of benzene rings is 2. The third kappa shape index (κ3) is 6.18. The number of imidazole rings is 1.